The molecule has 1 aromatic heterocycles. The smallest absolute Gasteiger partial charge is 0.318 e. The van der Waals surface area contributed by atoms with E-state index in [-0.39, 0.29) is 5.91 Å². The third-order valence-corrected chi connectivity index (χ3v) is 4.86. The summed E-state index contributed by atoms with van der Waals surface area (Å²) in [6.45, 7) is 3.87. The summed E-state index contributed by atoms with van der Waals surface area (Å²) in [4.78, 5) is 27.1. The Labute approximate surface area is 138 Å². The fraction of sp³-hybridized carbons (Fsp3) is 0.235. The van der Waals surface area contributed by atoms with Gasteiger partial charge in [-0.2, -0.15) is 5.10 Å². The van der Waals surface area contributed by atoms with Crippen LogP contribution in [0.2, 0.25) is 0 Å². The number of thiophene rings is 1. The Bertz CT molecular complexity index is 769. The van der Waals surface area contributed by atoms with E-state index in [4.69, 9.17) is 0 Å². The molecule has 0 radical (unpaired) electrons. The van der Waals surface area contributed by atoms with Crippen molar-refractivity contribution in [1.29, 1.82) is 0 Å². The maximum Gasteiger partial charge on any atom is 0.346 e. The molecule has 0 spiro atoms. The molecule has 1 aliphatic heterocycles. The minimum absolute atomic E-state index is 0.347. The summed E-state index contributed by atoms with van der Waals surface area (Å²) in [5, 5.41) is 7.82. The number of aryl methyl sites for hydroxylation is 1. The van der Waals surface area contributed by atoms with Crippen molar-refractivity contribution >= 4 is 29.5 Å². The zero-order valence-corrected chi connectivity index (χ0v) is 13.8. The first-order chi connectivity index (χ1) is 11.1. The van der Waals surface area contributed by atoms with Crippen molar-refractivity contribution in [2.75, 3.05) is 0 Å². The van der Waals surface area contributed by atoms with E-state index in [1.807, 2.05) is 56.3 Å². The van der Waals surface area contributed by atoms with Crippen LogP contribution in [0.4, 0.5) is 4.79 Å². The monoisotopic (exact) mass is 327 g/mol. The first kappa shape index (κ1) is 15.4. The Kier molecular flexibility index (Phi) is 4.00. The molecule has 0 aliphatic carbocycles. The molecule has 5 nitrogen and oxygen atoms in total. The second-order valence-electron chi connectivity index (χ2n) is 5.37. The molecule has 1 fully saturated rings. The molecule has 1 N–H and O–H groups in total. The van der Waals surface area contributed by atoms with Gasteiger partial charge in [0.15, 0.2) is 0 Å². The van der Waals surface area contributed by atoms with Gasteiger partial charge < -0.3 is 5.32 Å². The van der Waals surface area contributed by atoms with Gasteiger partial charge in [-0.25, -0.2) is 4.79 Å². The number of benzene rings is 1. The van der Waals surface area contributed by atoms with Crippen LogP contribution in [0.15, 0.2) is 47.6 Å². The number of hydrogen-bond acceptors (Lipinski definition) is 4. The van der Waals surface area contributed by atoms with Crippen molar-refractivity contribution in [2.45, 2.75) is 25.8 Å². The van der Waals surface area contributed by atoms with Crippen LogP contribution in [-0.2, 0) is 10.3 Å². The van der Waals surface area contributed by atoms with E-state index in [1.165, 1.54) is 0 Å². The highest BCUT2D eigenvalue weighted by atomic mass is 32.1. The number of nitrogens with one attached hydrogen (secondary N) is 1. The number of carbonyl (C=O) groups excluding carboxylic acids is 2. The van der Waals surface area contributed by atoms with Gasteiger partial charge in [0.2, 0.25) is 0 Å². The maximum atomic E-state index is 12.8. The van der Waals surface area contributed by atoms with Crippen LogP contribution >= 0.6 is 11.3 Å². The number of rotatable bonds is 4. The SMILES string of the molecule is CC[C@@]1(c2ccccc2)NC(=O)N(/N=C\c2ccc(C)s2)C1=O. The predicted octanol–water partition coefficient (Wildman–Crippen LogP) is 3.25. The highest BCUT2D eigenvalue weighted by Crippen LogP contribution is 2.32. The van der Waals surface area contributed by atoms with Crippen molar-refractivity contribution in [1.82, 2.24) is 10.3 Å². The second kappa shape index (κ2) is 5.96. The summed E-state index contributed by atoms with van der Waals surface area (Å²) in [6, 6.07) is 12.7. The minimum atomic E-state index is -1.04. The molecule has 0 saturated carbocycles. The average molecular weight is 327 g/mol. The Morgan fingerprint density at radius 2 is 1.96 bits per heavy atom. The molecular weight excluding hydrogens is 310 g/mol. The summed E-state index contributed by atoms with van der Waals surface area (Å²) in [7, 11) is 0. The first-order valence-electron chi connectivity index (χ1n) is 7.39. The Balaban J connectivity index is 1.91. The van der Waals surface area contributed by atoms with Gasteiger partial charge in [-0.3, -0.25) is 4.79 Å². The summed E-state index contributed by atoms with van der Waals surface area (Å²) >= 11 is 1.56. The van der Waals surface area contributed by atoms with E-state index >= 15 is 0 Å². The van der Waals surface area contributed by atoms with Crippen molar-refractivity contribution in [2.24, 2.45) is 5.10 Å². The Hall–Kier alpha value is -2.47. The van der Waals surface area contributed by atoms with Gasteiger partial charge in [0, 0.05) is 9.75 Å². The highest BCUT2D eigenvalue weighted by Gasteiger charge is 2.51. The van der Waals surface area contributed by atoms with Gasteiger partial charge >= 0.3 is 6.03 Å². The number of hydrazone groups is 1. The quantitative estimate of drug-likeness (QED) is 0.692. The number of imide groups is 1. The third-order valence-electron chi connectivity index (χ3n) is 3.93. The van der Waals surface area contributed by atoms with Crippen LogP contribution in [0.5, 0.6) is 0 Å². The molecular formula is C17H17N3O2S. The largest absolute Gasteiger partial charge is 0.346 e. The normalized spacial score (nSPS) is 21.2. The number of hydrogen-bond donors (Lipinski definition) is 1. The van der Waals surface area contributed by atoms with Gasteiger partial charge in [-0.05, 0) is 31.0 Å². The molecule has 1 saturated heterocycles. The predicted molar refractivity (Wildman–Crippen MR) is 90.4 cm³/mol. The maximum absolute atomic E-state index is 12.8. The molecule has 2 heterocycles. The van der Waals surface area contributed by atoms with Crippen LogP contribution < -0.4 is 5.32 Å². The molecule has 2 aromatic rings. The number of urea groups is 1. The van der Waals surface area contributed by atoms with E-state index in [2.05, 4.69) is 10.4 Å². The molecule has 3 amide bonds. The van der Waals surface area contributed by atoms with Crippen molar-refractivity contribution in [3.63, 3.8) is 0 Å². The van der Waals surface area contributed by atoms with Crippen molar-refractivity contribution in [3.05, 3.63) is 57.8 Å². The summed E-state index contributed by atoms with van der Waals surface area (Å²) in [5.74, 6) is -0.347. The Morgan fingerprint density at radius 3 is 2.57 bits per heavy atom. The molecule has 1 aromatic carbocycles. The van der Waals surface area contributed by atoms with Crippen molar-refractivity contribution < 1.29 is 9.59 Å². The lowest BCUT2D eigenvalue weighted by molar-refractivity contribution is -0.131. The topological polar surface area (TPSA) is 61.8 Å². The zero-order chi connectivity index (χ0) is 16.4. The lowest BCUT2D eigenvalue weighted by Gasteiger charge is -2.24. The Morgan fingerprint density at radius 1 is 1.22 bits per heavy atom. The fourth-order valence-corrected chi connectivity index (χ4v) is 3.41. The van der Waals surface area contributed by atoms with E-state index in [1.54, 1.807) is 17.6 Å². The molecule has 0 unspecified atom stereocenters. The number of carbonyl (C=O) groups is 2. The zero-order valence-electron chi connectivity index (χ0n) is 12.9. The average Bonchev–Trinajstić information content (AvgIpc) is 3.08. The van der Waals surface area contributed by atoms with Crippen molar-refractivity contribution in [3.8, 4) is 0 Å². The highest BCUT2D eigenvalue weighted by molar-refractivity contribution is 7.13. The van der Waals surface area contributed by atoms with E-state index < -0.39 is 11.6 Å². The standard InChI is InChI=1S/C17H17N3O2S/c1-3-17(13-7-5-4-6-8-13)15(21)20(16(22)19-17)18-11-14-10-9-12(2)23-14/h4-11H,3H2,1-2H3,(H,19,22)/b18-11-/t17-/m0/s1. The van der Waals surface area contributed by atoms with Crippen LogP contribution in [0.3, 0.4) is 0 Å². The lowest BCUT2D eigenvalue weighted by Crippen LogP contribution is -2.43. The third kappa shape index (κ3) is 2.66. The molecule has 6 heteroatoms. The van der Waals surface area contributed by atoms with Crippen LogP contribution in [0.1, 0.15) is 28.7 Å². The van der Waals surface area contributed by atoms with Gasteiger partial charge in [0.1, 0.15) is 5.54 Å². The first-order valence-corrected chi connectivity index (χ1v) is 8.21. The summed E-state index contributed by atoms with van der Waals surface area (Å²) in [5.41, 5.74) is -0.272. The molecule has 23 heavy (non-hydrogen) atoms. The number of amides is 3. The van der Waals surface area contributed by atoms with Crippen LogP contribution in [-0.4, -0.2) is 23.2 Å². The summed E-state index contributed by atoms with van der Waals surface area (Å²) in [6.07, 6.45) is 2.01. The van der Waals surface area contributed by atoms with E-state index in [0.29, 0.717) is 6.42 Å². The van der Waals surface area contributed by atoms with Gasteiger partial charge in [-0.1, -0.05) is 37.3 Å². The van der Waals surface area contributed by atoms with Gasteiger partial charge in [0.05, 0.1) is 6.21 Å². The lowest BCUT2D eigenvalue weighted by atomic mass is 9.87. The number of nitrogens with zero attached hydrogens (tertiary/aromatic N) is 2. The molecule has 1 aliphatic rings. The molecule has 118 valence electrons. The molecule has 1 atom stereocenters. The fourth-order valence-electron chi connectivity index (χ4n) is 2.67. The van der Waals surface area contributed by atoms with E-state index in [0.717, 1.165) is 20.3 Å². The van der Waals surface area contributed by atoms with Crippen LogP contribution in [0.25, 0.3) is 0 Å². The minimum Gasteiger partial charge on any atom is -0.318 e. The van der Waals surface area contributed by atoms with Crippen LogP contribution in [0, 0.1) is 6.92 Å². The molecule has 0 bridgehead atoms. The van der Waals surface area contributed by atoms with Gasteiger partial charge in [-0.15, -0.1) is 16.3 Å². The van der Waals surface area contributed by atoms with E-state index in [9.17, 15) is 9.59 Å². The van der Waals surface area contributed by atoms with Gasteiger partial charge in [0.25, 0.3) is 5.91 Å². The summed E-state index contributed by atoms with van der Waals surface area (Å²) < 4.78 is 0. The second-order valence-corrected chi connectivity index (χ2v) is 6.68. The molecule has 3 rings (SSSR count).